The van der Waals surface area contributed by atoms with Crippen LogP contribution in [0.5, 0.6) is 0 Å². The Bertz CT molecular complexity index is 625. The highest BCUT2D eigenvalue weighted by atomic mass is 19.1. The summed E-state index contributed by atoms with van der Waals surface area (Å²) < 4.78 is 38.5. The standard InChI is InChI=1S/C16H16F2O4/c1-16(20)14(9-4-3-7-21-8-9)13(15(19)22-16)12-10(17)5-2-6-11(12)18/h2,5-6,9,20H,3-4,7-8H2,1H3. The first-order valence-electron chi connectivity index (χ1n) is 7.14. The second-order valence-corrected chi connectivity index (χ2v) is 5.67. The molecule has 2 aliphatic heterocycles. The highest BCUT2D eigenvalue weighted by Crippen LogP contribution is 2.43. The zero-order valence-corrected chi connectivity index (χ0v) is 12.1. The maximum Gasteiger partial charge on any atom is 0.341 e. The van der Waals surface area contributed by atoms with Gasteiger partial charge in [-0.3, -0.25) is 0 Å². The molecule has 3 rings (SSSR count). The molecule has 0 spiro atoms. The molecule has 1 saturated heterocycles. The minimum absolute atomic E-state index is 0.196. The average molecular weight is 310 g/mol. The molecule has 4 nitrogen and oxygen atoms in total. The van der Waals surface area contributed by atoms with E-state index < -0.39 is 29.0 Å². The highest BCUT2D eigenvalue weighted by Gasteiger charge is 2.47. The summed E-state index contributed by atoms with van der Waals surface area (Å²) in [5, 5.41) is 10.4. The topological polar surface area (TPSA) is 55.8 Å². The first-order chi connectivity index (χ1) is 10.4. The number of hydrogen-bond donors (Lipinski definition) is 1. The fraction of sp³-hybridized carbons (Fsp3) is 0.438. The lowest BCUT2D eigenvalue weighted by Gasteiger charge is -2.29. The van der Waals surface area contributed by atoms with E-state index >= 15 is 0 Å². The molecule has 0 radical (unpaired) electrons. The molecule has 2 atom stereocenters. The Hall–Kier alpha value is -1.79. The minimum Gasteiger partial charge on any atom is -0.426 e. The van der Waals surface area contributed by atoms with Crippen LogP contribution in [0.25, 0.3) is 5.57 Å². The number of cyclic esters (lactones) is 1. The molecule has 2 heterocycles. The third kappa shape index (κ3) is 2.42. The summed E-state index contributed by atoms with van der Waals surface area (Å²) in [5.41, 5.74) is -0.483. The molecule has 0 aromatic heterocycles. The molecule has 22 heavy (non-hydrogen) atoms. The zero-order chi connectivity index (χ0) is 15.9. The third-order valence-corrected chi connectivity index (χ3v) is 4.05. The van der Waals surface area contributed by atoms with E-state index in [1.54, 1.807) is 0 Å². The second kappa shape index (κ2) is 5.44. The number of halogens is 2. The number of ether oxygens (including phenoxy) is 2. The van der Waals surface area contributed by atoms with E-state index in [-0.39, 0.29) is 23.7 Å². The smallest absolute Gasteiger partial charge is 0.341 e. The summed E-state index contributed by atoms with van der Waals surface area (Å²) in [6.45, 7) is 2.17. The van der Waals surface area contributed by atoms with Gasteiger partial charge in [0.2, 0.25) is 5.79 Å². The molecule has 0 saturated carbocycles. The van der Waals surface area contributed by atoms with Crippen molar-refractivity contribution >= 4 is 11.5 Å². The predicted molar refractivity (Wildman–Crippen MR) is 73.5 cm³/mol. The zero-order valence-electron chi connectivity index (χ0n) is 12.1. The van der Waals surface area contributed by atoms with Crippen molar-refractivity contribution < 1.29 is 28.2 Å². The summed E-state index contributed by atoms with van der Waals surface area (Å²) in [6.07, 6.45) is 1.40. The number of hydrogen-bond acceptors (Lipinski definition) is 4. The lowest BCUT2D eigenvalue weighted by Crippen LogP contribution is -2.34. The molecule has 0 aliphatic carbocycles. The average Bonchev–Trinajstić information content (AvgIpc) is 2.69. The molecule has 1 aromatic carbocycles. The van der Waals surface area contributed by atoms with Crippen molar-refractivity contribution in [2.75, 3.05) is 13.2 Å². The number of carbonyl (C=O) groups excluding carboxylic acids is 1. The number of aliphatic hydroxyl groups is 1. The summed E-state index contributed by atoms with van der Waals surface area (Å²) in [5.74, 6) is -4.84. The van der Waals surface area contributed by atoms with E-state index in [4.69, 9.17) is 9.47 Å². The van der Waals surface area contributed by atoms with Crippen molar-refractivity contribution in [2.24, 2.45) is 5.92 Å². The van der Waals surface area contributed by atoms with Gasteiger partial charge in [0.15, 0.2) is 0 Å². The number of esters is 1. The van der Waals surface area contributed by atoms with Crippen molar-refractivity contribution in [3.05, 3.63) is 41.0 Å². The molecule has 0 amide bonds. The van der Waals surface area contributed by atoms with Crippen LogP contribution in [0.4, 0.5) is 8.78 Å². The molecule has 0 bridgehead atoms. The summed E-state index contributed by atoms with van der Waals surface area (Å²) in [4.78, 5) is 12.1. The summed E-state index contributed by atoms with van der Waals surface area (Å²) >= 11 is 0. The normalized spacial score (nSPS) is 28.9. The maximum absolute atomic E-state index is 14.1. The van der Waals surface area contributed by atoms with Gasteiger partial charge in [-0.1, -0.05) is 6.07 Å². The van der Waals surface area contributed by atoms with Crippen LogP contribution in [0.2, 0.25) is 0 Å². The van der Waals surface area contributed by atoms with Crippen molar-refractivity contribution in [3.8, 4) is 0 Å². The van der Waals surface area contributed by atoms with E-state index in [9.17, 15) is 18.7 Å². The van der Waals surface area contributed by atoms with E-state index in [0.717, 1.165) is 18.6 Å². The molecule has 1 aromatic rings. The van der Waals surface area contributed by atoms with E-state index in [1.165, 1.54) is 13.0 Å². The van der Waals surface area contributed by atoms with E-state index in [0.29, 0.717) is 13.0 Å². The monoisotopic (exact) mass is 310 g/mol. The van der Waals surface area contributed by atoms with Crippen LogP contribution >= 0.6 is 0 Å². The first kappa shape index (κ1) is 15.1. The molecule has 1 N–H and O–H groups in total. The van der Waals surface area contributed by atoms with Crippen molar-refractivity contribution in [1.29, 1.82) is 0 Å². The van der Waals surface area contributed by atoms with Crippen molar-refractivity contribution in [1.82, 2.24) is 0 Å². The van der Waals surface area contributed by atoms with Crippen molar-refractivity contribution in [2.45, 2.75) is 25.6 Å². The molecular formula is C16H16F2O4. The van der Waals surface area contributed by atoms with Crippen LogP contribution in [0, 0.1) is 17.6 Å². The number of carbonyl (C=O) groups is 1. The van der Waals surface area contributed by atoms with Gasteiger partial charge in [0.25, 0.3) is 0 Å². The second-order valence-electron chi connectivity index (χ2n) is 5.67. The molecule has 6 heteroatoms. The maximum atomic E-state index is 14.1. The number of rotatable bonds is 2. The van der Waals surface area contributed by atoms with Gasteiger partial charge in [0.1, 0.15) is 11.6 Å². The minimum atomic E-state index is -1.88. The van der Waals surface area contributed by atoms with Gasteiger partial charge >= 0.3 is 5.97 Å². The molecule has 118 valence electrons. The Morgan fingerprint density at radius 2 is 2.00 bits per heavy atom. The van der Waals surface area contributed by atoms with Crippen LogP contribution in [0.1, 0.15) is 25.3 Å². The van der Waals surface area contributed by atoms with E-state index in [2.05, 4.69) is 0 Å². The Labute approximate surface area is 126 Å². The summed E-state index contributed by atoms with van der Waals surface area (Å²) in [7, 11) is 0. The van der Waals surface area contributed by atoms with Gasteiger partial charge < -0.3 is 14.6 Å². The predicted octanol–water partition coefficient (Wildman–Crippen LogP) is 2.41. The van der Waals surface area contributed by atoms with Gasteiger partial charge in [0, 0.05) is 25.0 Å². The Balaban J connectivity index is 2.20. The van der Waals surface area contributed by atoms with Gasteiger partial charge in [-0.05, 0) is 25.0 Å². The lowest BCUT2D eigenvalue weighted by atomic mass is 9.84. The highest BCUT2D eigenvalue weighted by molar-refractivity contribution is 6.20. The summed E-state index contributed by atoms with van der Waals surface area (Å²) in [6, 6.07) is 3.36. The molecule has 2 unspecified atom stereocenters. The van der Waals surface area contributed by atoms with Crippen molar-refractivity contribution in [3.63, 3.8) is 0 Å². The lowest BCUT2D eigenvalue weighted by molar-refractivity contribution is -0.177. The Morgan fingerprint density at radius 3 is 2.59 bits per heavy atom. The Kier molecular flexibility index (Phi) is 3.74. The van der Waals surface area contributed by atoms with Crippen LogP contribution in [-0.2, 0) is 14.3 Å². The van der Waals surface area contributed by atoms with Crippen LogP contribution in [0.3, 0.4) is 0 Å². The molecule has 2 aliphatic rings. The SMILES string of the molecule is CC1(O)OC(=O)C(c2c(F)cccc2F)=C1C1CCCOC1. The van der Waals surface area contributed by atoms with Gasteiger partial charge in [-0.15, -0.1) is 0 Å². The quantitative estimate of drug-likeness (QED) is 0.852. The molecule has 1 fully saturated rings. The van der Waals surface area contributed by atoms with Crippen LogP contribution < -0.4 is 0 Å². The number of benzene rings is 1. The van der Waals surface area contributed by atoms with E-state index in [1.807, 2.05) is 0 Å². The fourth-order valence-corrected chi connectivity index (χ4v) is 3.15. The third-order valence-electron chi connectivity index (χ3n) is 4.05. The van der Waals surface area contributed by atoms with Gasteiger partial charge in [-0.25, -0.2) is 13.6 Å². The first-order valence-corrected chi connectivity index (χ1v) is 7.14. The Morgan fingerprint density at radius 1 is 1.32 bits per heavy atom. The largest absolute Gasteiger partial charge is 0.426 e. The van der Waals surface area contributed by atoms with Crippen LogP contribution in [0.15, 0.2) is 23.8 Å². The fourth-order valence-electron chi connectivity index (χ4n) is 3.15. The molecular weight excluding hydrogens is 294 g/mol. The van der Waals surface area contributed by atoms with Gasteiger partial charge in [-0.2, -0.15) is 0 Å². The van der Waals surface area contributed by atoms with Crippen LogP contribution in [-0.4, -0.2) is 30.1 Å². The van der Waals surface area contributed by atoms with Gasteiger partial charge in [0.05, 0.1) is 17.7 Å².